The van der Waals surface area contributed by atoms with Crippen molar-refractivity contribution in [1.82, 2.24) is 25.0 Å². The lowest BCUT2D eigenvalue weighted by molar-refractivity contribution is 0.0962. The molecule has 1 aromatic heterocycles. The molecule has 3 heterocycles. The van der Waals surface area contributed by atoms with E-state index in [2.05, 4.69) is 16.9 Å². The number of fused-ring (bicyclic) bond motifs is 1. The van der Waals surface area contributed by atoms with Gasteiger partial charge in [0, 0.05) is 45.5 Å². The molecule has 0 aromatic carbocycles. The molecule has 1 saturated heterocycles. The summed E-state index contributed by atoms with van der Waals surface area (Å²) in [6, 6.07) is 1.84. The number of urea groups is 1. The van der Waals surface area contributed by atoms with E-state index in [-0.39, 0.29) is 30.9 Å². The van der Waals surface area contributed by atoms with Crippen LogP contribution in [0.4, 0.5) is 4.79 Å². The molecule has 1 fully saturated rings. The van der Waals surface area contributed by atoms with Crippen molar-refractivity contribution in [2.75, 3.05) is 19.6 Å². The van der Waals surface area contributed by atoms with Gasteiger partial charge in [-0.25, -0.2) is 4.79 Å². The van der Waals surface area contributed by atoms with Crippen LogP contribution in [-0.4, -0.2) is 69.5 Å². The molecule has 0 spiro atoms. The molecule has 0 saturated carbocycles. The van der Waals surface area contributed by atoms with Gasteiger partial charge in [0.15, 0.2) is 0 Å². The van der Waals surface area contributed by atoms with Gasteiger partial charge in [0.25, 0.3) is 5.91 Å². The van der Waals surface area contributed by atoms with E-state index >= 15 is 0 Å². The Bertz CT molecular complexity index is 1070. The van der Waals surface area contributed by atoms with Gasteiger partial charge in [-0.2, -0.15) is 0 Å². The van der Waals surface area contributed by atoms with Crippen LogP contribution in [0, 0.1) is 10.8 Å². The van der Waals surface area contributed by atoms with E-state index < -0.39 is 0 Å². The second-order valence-electron chi connectivity index (χ2n) is 9.15. The number of pyridine rings is 1. The van der Waals surface area contributed by atoms with Gasteiger partial charge in [-0.3, -0.25) is 20.6 Å². The Morgan fingerprint density at radius 3 is 2.60 bits per heavy atom. The number of amides is 3. The molecule has 0 bridgehead atoms. The van der Waals surface area contributed by atoms with E-state index in [1.807, 2.05) is 23.6 Å². The van der Waals surface area contributed by atoms with E-state index in [4.69, 9.17) is 10.8 Å². The number of hydrogen-bond donors (Lipinski definition) is 3. The Kier molecular flexibility index (Phi) is 8.57. The molecule has 0 aliphatic carbocycles. The summed E-state index contributed by atoms with van der Waals surface area (Å²) in [4.78, 5) is 35.1. The molecule has 9 nitrogen and oxygen atoms in total. The van der Waals surface area contributed by atoms with Crippen LogP contribution in [0.5, 0.6) is 0 Å². The van der Waals surface area contributed by atoms with E-state index in [0.29, 0.717) is 24.4 Å². The average Bonchev–Trinajstić information content (AvgIpc) is 3.38. The van der Waals surface area contributed by atoms with Gasteiger partial charge in [0.2, 0.25) is 0 Å². The number of amidine groups is 1. The largest absolute Gasteiger partial charge is 0.325 e. The Morgan fingerprint density at radius 2 is 1.94 bits per heavy atom. The van der Waals surface area contributed by atoms with Crippen LogP contribution in [0.2, 0.25) is 0 Å². The monoisotopic (exact) mass is 479 g/mol. The maximum atomic E-state index is 12.8. The molecule has 35 heavy (non-hydrogen) atoms. The quantitative estimate of drug-likeness (QED) is 0.312. The van der Waals surface area contributed by atoms with Crippen molar-refractivity contribution in [2.45, 2.75) is 52.6 Å². The minimum atomic E-state index is -0.367. The number of carbonyl (C=O) groups excluding carboxylic acids is 2. The summed E-state index contributed by atoms with van der Waals surface area (Å²) in [6.07, 6.45) is 10.8. The first-order chi connectivity index (χ1) is 16.7. The summed E-state index contributed by atoms with van der Waals surface area (Å²) < 4.78 is 0. The molecule has 3 amide bonds. The molecule has 2 aliphatic heterocycles. The van der Waals surface area contributed by atoms with Gasteiger partial charge >= 0.3 is 6.03 Å². The summed E-state index contributed by atoms with van der Waals surface area (Å²) >= 11 is 0. The second-order valence-corrected chi connectivity index (χ2v) is 9.15. The van der Waals surface area contributed by atoms with Crippen molar-refractivity contribution in [3.8, 4) is 0 Å². The van der Waals surface area contributed by atoms with E-state index in [1.165, 1.54) is 0 Å². The first-order valence-electron chi connectivity index (χ1n) is 12.0. The Balaban J connectivity index is 0.00000456. The fraction of sp³-hybridized carbons (Fsp3) is 0.423. The fourth-order valence-corrected chi connectivity index (χ4v) is 4.15. The molecule has 2 aliphatic rings. The van der Waals surface area contributed by atoms with Gasteiger partial charge in [0.1, 0.15) is 11.5 Å². The van der Waals surface area contributed by atoms with Crippen molar-refractivity contribution in [3.05, 3.63) is 65.2 Å². The Morgan fingerprint density at radius 1 is 1.23 bits per heavy atom. The maximum Gasteiger partial charge on any atom is 0.320 e. The highest BCUT2D eigenvalue weighted by Gasteiger charge is 2.27. The van der Waals surface area contributed by atoms with Gasteiger partial charge in [-0.1, -0.05) is 18.7 Å². The van der Waals surface area contributed by atoms with Crippen molar-refractivity contribution in [3.63, 3.8) is 0 Å². The number of carbonyl (C=O) groups is 2. The van der Waals surface area contributed by atoms with Crippen LogP contribution >= 0.6 is 0 Å². The predicted octanol–water partition coefficient (Wildman–Crippen LogP) is 3.94. The van der Waals surface area contributed by atoms with Crippen molar-refractivity contribution >= 4 is 24.1 Å². The molecule has 0 radical (unpaired) electrons. The number of hydrogen-bond acceptors (Lipinski definition) is 5. The Hall–Kier alpha value is -3.75. The fourth-order valence-electron chi connectivity index (χ4n) is 4.15. The summed E-state index contributed by atoms with van der Waals surface area (Å²) in [5.74, 6) is -0.126. The van der Waals surface area contributed by atoms with Crippen molar-refractivity contribution in [2.24, 2.45) is 0 Å². The van der Waals surface area contributed by atoms with Crippen molar-refractivity contribution in [1.29, 1.82) is 10.8 Å². The highest BCUT2D eigenvalue weighted by molar-refractivity contribution is 6.01. The van der Waals surface area contributed by atoms with E-state index in [9.17, 15) is 9.59 Å². The summed E-state index contributed by atoms with van der Waals surface area (Å²) in [5, 5.41) is 18.4. The molecule has 0 unspecified atom stereocenters. The predicted molar refractivity (Wildman–Crippen MR) is 140 cm³/mol. The summed E-state index contributed by atoms with van der Waals surface area (Å²) in [6.45, 7) is 12.3. The number of rotatable bonds is 7. The first-order valence-corrected chi connectivity index (χ1v) is 12.0. The number of nitrogens with zero attached hydrogens (tertiary/aromatic N) is 4. The first kappa shape index (κ1) is 25.9. The minimum absolute atomic E-state index is 0. The molecule has 0 atom stereocenters. The Labute approximate surface area is 208 Å². The molecular weight excluding hydrogens is 442 g/mol. The van der Waals surface area contributed by atoms with Crippen LogP contribution in [0.3, 0.4) is 0 Å². The third-order valence-corrected chi connectivity index (χ3v) is 6.22. The SMILES string of the molecule is C=C(/C=C\C=C(/C)C(=N)N(C=N)C(C)C)NC(=O)c1cc2c(cn1)CCN(C(=O)N1CCCC1)C2.[HH]. The standard InChI is InChI=1S/C26H35N7O2.H2/c1-18(2)33(17-27)24(28)19(3)8-7-9-20(4)30-25(34)23-14-22-16-32(13-10-21(22)15-29-23)26(35)31-11-5-6-12-31;/h7-9,14-15,17-18,27-28H,4-6,10-13,16H2,1-3H3,(H,30,34);1H/b9-7-,19-8+,27-17?,28-24?;. The summed E-state index contributed by atoms with van der Waals surface area (Å²) in [7, 11) is 0. The molecule has 1 aromatic rings. The van der Waals surface area contributed by atoms with Crippen molar-refractivity contribution < 1.29 is 11.0 Å². The normalized spacial score (nSPS) is 15.8. The second kappa shape index (κ2) is 11.6. The number of aromatic nitrogens is 1. The average molecular weight is 480 g/mol. The van der Waals surface area contributed by atoms with Crippen LogP contribution in [0.25, 0.3) is 0 Å². The zero-order chi connectivity index (χ0) is 25.5. The zero-order valence-corrected chi connectivity index (χ0v) is 20.8. The molecule has 3 rings (SSSR count). The van der Waals surface area contributed by atoms with Crippen LogP contribution in [0.15, 0.2) is 48.3 Å². The lowest BCUT2D eigenvalue weighted by Gasteiger charge is -2.32. The zero-order valence-electron chi connectivity index (χ0n) is 20.8. The van der Waals surface area contributed by atoms with Gasteiger partial charge < -0.3 is 20.0 Å². The summed E-state index contributed by atoms with van der Waals surface area (Å²) in [5.41, 5.74) is 3.36. The van der Waals surface area contributed by atoms with E-state index in [0.717, 1.165) is 49.8 Å². The molecule has 3 N–H and O–H groups in total. The third-order valence-electron chi connectivity index (χ3n) is 6.22. The van der Waals surface area contributed by atoms with E-state index in [1.54, 1.807) is 42.3 Å². The molecule has 188 valence electrons. The number of nitrogens with one attached hydrogen (secondary N) is 3. The minimum Gasteiger partial charge on any atom is -0.325 e. The van der Waals surface area contributed by atoms with Gasteiger partial charge in [-0.15, -0.1) is 0 Å². The number of allylic oxidation sites excluding steroid dienone is 3. The molecular formula is C26H37N7O2. The number of likely N-dealkylation sites (tertiary alicyclic amines) is 1. The highest BCUT2D eigenvalue weighted by atomic mass is 16.2. The smallest absolute Gasteiger partial charge is 0.320 e. The van der Waals surface area contributed by atoms with Crippen LogP contribution in [-0.2, 0) is 13.0 Å². The molecule has 9 heteroatoms. The van der Waals surface area contributed by atoms with Gasteiger partial charge in [-0.05, 0) is 68.9 Å². The van der Waals surface area contributed by atoms with Gasteiger partial charge in [0.05, 0.1) is 6.34 Å². The highest BCUT2D eigenvalue weighted by Crippen LogP contribution is 2.21. The van der Waals surface area contributed by atoms with Crippen LogP contribution < -0.4 is 5.32 Å². The van der Waals surface area contributed by atoms with Crippen LogP contribution in [0.1, 0.15) is 56.7 Å². The lowest BCUT2D eigenvalue weighted by atomic mass is 10.0. The topological polar surface area (TPSA) is 116 Å². The lowest BCUT2D eigenvalue weighted by Crippen LogP contribution is -2.44. The maximum absolute atomic E-state index is 12.8. The third kappa shape index (κ3) is 6.44.